The zero-order valence-corrected chi connectivity index (χ0v) is 16.7. The highest BCUT2D eigenvalue weighted by atomic mass is 35.5. The van der Waals surface area contributed by atoms with Crippen LogP contribution in [0.25, 0.3) is 5.69 Å². The SMILES string of the molecule is Cc1nn(-c2ccc(F)cc2)c(Cl)c1C(=O)Nc1ccc(OC2CCCC2)cc1. The molecule has 0 unspecified atom stereocenters. The van der Waals surface area contributed by atoms with Gasteiger partial charge in [0.15, 0.2) is 0 Å². The minimum absolute atomic E-state index is 0.174. The Bertz CT molecular complexity index is 1010. The van der Waals surface area contributed by atoms with Gasteiger partial charge in [0.1, 0.15) is 22.3 Å². The molecule has 1 aliphatic rings. The van der Waals surface area contributed by atoms with Crippen molar-refractivity contribution in [2.75, 3.05) is 5.32 Å². The first-order valence-electron chi connectivity index (χ1n) is 9.60. The molecule has 3 aromatic rings. The molecule has 0 saturated heterocycles. The van der Waals surface area contributed by atoms with Crippen molar-refractivity contribution in [3.8, 4) is 11.4 Å². The zero-order valence-electron chi connectivity index (χ0n) is 16.0. The normalized spacial score (nSPS) is 14.2. The summed E-state index contributed by atoms with van der Waals surface area (Å²) in [4.78, 5) is 12.8. The standard InChI is InChI=1S/C22H21ClFN3O2/c1-14-20(21(23)27(26-14)17-10-6-15(24)7-11-17)22(28)25-16-8-12-19(13-9-16)29-18-4-2-3-5-18/h6-13,18H,2-5H2,1H3,(H,25,28). The third-order valence-electron chi connectivity index (χ3n) is 5.02. The molecule has 0 radical (unpaired) electrons. The first kappa shape index (κ1) is 19.5. The van der Waals surface area contributed by atoms with E-state index in [0.717, 1.165) is 18.6 Å². The van der Waals surface area contributed by atoms with E-state index < -0.39 is 0 Å². The van der Waals surface area contributed by atoms with Gasteiger partial charge in [-0.3, -0.25) is 4.79 Å². The van der Waals surface area contributed by atoms with Crippen LogP contribution in [0.15, 0.2) is 48.5 Å². The minimum atomic E-state index is -0.356. The topological polar surface area (TPSA) is 56.2 Å². The Morgan fingerprint density at radius 3 is 2.45 bits per heavy atom. The Balaban J connectivity index is 1.49. The summed E-state index contributed by atoms with van der Waals surface area (Å²) < 4.78 is 20.5. The first-order valence-corrected chi connectivity index (χ1v) is 9.98. The molecular weight excluding hydrogens is 393 g/mol. The second-order valence-electron chi connectivity index (χ2n) is 7.14. The molecular formula is C22H21ClFN3O2. The van der Waals surface area contributed by atoms with Gasteiger partial charge in [-0.25, -0.2) is 9.07 Å². The van der Waals surface area contributed by atoms with Gasteiger partial charge in [0.25, 0.3) is 5.91 Å². The third kappa shape index (κ3) is 4.27. The molecule has 1 N–H and O–H groups in total. The predicted molar refractivity (Wildman–Crippen MR) is 111 cm³/mol. The van der Waals surface area contributed by atoms with Gasteiger partial charge >= 0.3 is 0 Å². The van der Waals surface area contributed by atoms with Crippen molar-refractivity contribution in [3.63, 3.8) is 0 Å². The lowest BCUT2D eigenvalue weighted by atomic mass is 10.2. The summed E-state index contributed by atoms with van der Waals surface area (Å²) in [6, 6.07) is 13.0. The average Bonchev–Trinajstić information content (AvgIpc) is 3.31. The second kappa shape index (κ2) is 8.25. The van der Waals surface area contributed by atoms with Crippen LogP contribution in [0, 0.1) is 12.7 Å². The predicted octanol–water partition coefficient (Wildman–Crippen LogP) is 5.55. The monoisotopic (exact) mass is 413 g/mol. The van der Waals surface area contributed by atoms with Gasteiger partial charge in [-0.2, -0.15) is 5.10 Å². The van der Waals surface area contributed by atoms with Crippen molar-refractivity contribution in [1.82, 2.24) is 9.78 Å². The summed E-state index contributed by atoms with van der Waals surface area (Å²) in [7, 11) is 0. The summed E-state index contributed by atoms with van der Waals surface area (Å²) in [5, 5.41) is 7.34. The first-order chi connectivity index (χ1) is 14.0. The number of benzene rings is 2. The van der Waals surface area contributed by atoms with Crippen LogP contribution in [-0.4, -0.2) is 21.8 Å². The maximum Gasteiger partial charge on any atom is 0.260 e. The maximum atomic E-state index is 13.2. The average molecular weight is 414 g/mol. The van der Waals surface area contributed by atoms with Gasteiger partial charge in [-0.05, 0) is 81.1 Å². The lowest BCUT2D eigenvalue weighted by Crippen LogP contribution is -2.13. The van der Waals surface area contributed by atoms with Crippen molar-refractivity contribution in [2.45, 2.75) is 38.7 Å². The van der Waals surface area contributed by atoms with Gasteiger partial charge in [0.2, 0.25) is 0 Å². The van der Waals surface area contributed by atoms with Crippen LogP contribution in [0.1, 0.15) is 41.7 Å². The number of carbonyl (C=O) groups is 1. The number of ether oxygens (including phenoxy) is 1. The van der Waals surface area contributed by atoms with Crippen LogP contribution in [0.5, 0.6) is 5.75 Å². The van der Waals surface area contributed by atoms with Crippen molar-refractivity contribution in [3.05, 3.63) is 70.8 Å². The number of nitrogens with one attached hydrogen (secondary N) is 1. The van der Waals surface area contributed by atoms with Gasteiger partial charge in [-0.15, -0.1) is 0 Å². The smallest absolute Gasteiger partial charge is 0.260 e. The van der Waals surface area contributed by atoms with Crippen LogP contribution in [-0.2, 0) is 0 Å². The van der Waals surface area contributed by atoms with E-state index in [2.05, 4.69) is 10.4 Å². The summed E-state index contributed by atoms with van der Waals surface area (Å²) in [5.41, 5.74) is 1.98. The van der Waals surface area contributed by atoms with Gasteiger partial charge < -0.3 is 10.1 Å². The molecule has 5 nitrogen and oxygen atoms in total. The molecule has 1 saturated carbocycles. The highest BCUT2D eigenvalue weighted by Gasteiger charge is 2.21. The highest BCUT2D eigenvalue weighted by Crippen LogP contribution is 2.27. The van der Waals surface area contributed by atoms with E-state index >= 15 is 0 Å². The van der Waals surface area contributed by atoms with Crippen LogP contribution >= 0.6 is 11.6 Å². The number of nitrogens with zero attached hydrogens (tertiary/aromatic N) is 2. The van der Waals surface area contributed by atoms with Crippen LogP contribution in [0.4, 0.5) is 10.1 Å². The number of aromatic nitrogens is 2. The number of amides is 1. The zero-order chi connectivity index (χ0) is 20.4. The van der Waals surface area contributed by atoms with E-state index in [1.165, 1.54) is 29.7 Å². The number of hydrogen-bond acceptors (Lipinski definition) is 3. The molecule has 29 heavy (non-hydrogen) atoms. The molecule has 0 aliphatic heterocycles. The van der Waals surface area contributed by atoms with E-state index in [1.807, 2.05) is 12.1 Å². The molecule has 2 aromatic carbocycles. The summed E-state index contributed by atoms with van der Waals surface area (Å²) >= 11 is 6.41. The second-order valence-corrected chi connectivity index (χ2v) is 7.50. The number of rotatable bonds is 5. The largest absolute Gasteiger partial charge is 0.490 e. The summed E-state index contributed by atoms with van der Waals surface area (Å²) in [6.45, 7) is 1.71. The van der Waals surface area contributed by atoms with Crippen molar-refractivity contribution < 1.29 is 13.9 Å². The van der Waals surface area contributed by atoms with E-state index in [1.54, 1.807) is 31.2 Å². The summed E-state index contributed by atoms with van der Waals surface area (Å²) in [5.74, 6) is 0.0886. The fraction of sp³-hybridized carbons (Fsp3) is 0.273. The number of aryl methyl sites for hydroxylation is 1. The number of halogens is 2. The Morgan fingerprint density at radius 1 is 1.14 bits per heavy atom. The van der Waals surface area contributed by atoms with E-state index in [4.69, 9.17) is 16.3 Å². The maximum absolute atomic E-state index is 13.2. The van der Waals surface area contributed by atoms with E-state index in [9.17, 15) is 9.18 Å². The molecule has 1 amide bonds. The van der Waals surface area contributed by atoms with Gasteiger partial charge in [0.05, 0.1) is 17.5 Å². The Morgan fingerprint density at radius 2 is 1.79 bits per heavy atom. The quantitative estimate of drug-likeness (QED) is 0.596. The Kier molecular flexibility index (Phi) is 5.53. The van der Waals surface area contributed by atoms with Gasteiger partial charge in [0, 0.05) is 5.69 Å². The van der Waals surface area contributed by atoms with Crippen LogP contribution in [0.3, 0.4) is 0 Å². The fourth-order valence-electron chi connectivity index (χ4n) is 3.52. The highest BCUT2D eigenvalue weighted by molar-refractivity contribution is 6.34. The lowest BCUT2D eigenvalue weighted by Gasteiger charge is -2.13. The molecule has 0 spiro atoms. The molecule has 0 bridgehead atoms. The molecule has 1 aliphatic carbocycles. The molecule has 1 heterocycles. The Labute approximate surface area is 173 Å². The van der Waals surface area contributed by atoms with Crippen molar-refractivity contribution in [1.29, 1.82) is 0 Å². The van der Waals surface area contributed by atoms with Crippen LogP contribution < -0.4 is 10.1 Å². The van der Waals surface area contributed by atoms with Crippen molar-refractivity contribution in [2.24, 2.45) is 0 Å². The Hall–Kier alpha value is -2.86. The lowest BCUT2D eigenvalue weighted by molar-refractivity contribution is 0.102. The summed E-state index contributed by atoms with van der Waals surface area (Å²) in [6.07, 6.45) is 4.90. The number of anilines is 1. The van der Waals surface area contributed by atoms with E-state index in [0.29, 0.717) is 17.1 Å². The van der Waals surface area contributed by atoms with Crippen LogP contribution in [0.2, 0.25) is 5.15 Å². The number of carbonyl (C=O) groups excluding carboxylic acids is 1. The molecule has 150 valence electrons. The molecule has 1 aromatic heterocycles. The van der Waals surface area contributed by atoms with E-state index in [-0.39, 0.29) is 28.5 Å². The molecule has 4 rings (SSSR count). The van der Waals surface area contributed by atoms with Gasteiger partial charge in [-0.1, -0.05) is 11.6 Å². The van der Waals surface area contributed by atoms with Crippen molar-refractivity contribution >= 4 is 23.2 Å². The number of hydrogen-bond donors (Lipinski definition) is 1. The molecule has 1 fully saturated rings. The minimum Gasteiger partial charge on any atom is -0.490 e. The molecule has 7 heteroatoms. The molecule has 0 atom stereocenters. The fourth-order valence-corrected chi connectivity index (χ4v) is 3.88. The third-order valence-corrected chi connectivity index (χ3v) is 5.37.